The van der Waals surface area contributed by atoms with Crippen LogP contribution in [0.5, 0.6) is 0 Å². The van der Waals surface area contributed by atoms with Crippen LogP contribution in [-0.2, 0) is 12.7 Å². The van der Waals surface area contributed by atoms with Crippen LogP contribution in [0.2, 0.25) is 0 Å². The number of halogens is 4. The molecule has 0 spiro atoms. The Morgan fingerprint density at radius 1 is 1.06 bits per heavy atom. The average molecular weight is 487 g/mol. The van der Waals surface area contributed by atoms with Gasteiger partial charge in [0.05, 0.1) is 24.0 Å². The summed E-state index contributed by atoms with van der Waals surface area (Å²) in [5, 5.41) is 3.09. The van der Waals surface area contributed by atoms with Crippen LogP contribution in [0.25, 0.3) is 22.2 Å². The van der Waals surface area contributed by atoms with E-state index < -0.39 is 11.7 Å². The molecule has 156 valence electrons. The molecule has 5 rings (SSSR count). The van der Waals surface area contributed by atoms with E-state index in [0.717, 1.165) is 34.5 Å². The zero-order valence-electron chi connectivity index (χ0n) is 15.8. The summed E-state index contributed by atoms with van der Waals surface area (Å²) >= 11 is 3.17. The first-order valence-corrected chi connectivity index (χ1v) is 10.0. The fourth-order valence-corrected chi connectivity index (χ4v) is 3.89. The van der Waals surface area contributed by atoms with Gasteiger partial charge in [0.2, 0.25) is 5.95 Å². The van der Waals surface area contributed by atoms with Crippen molar-refractivity contribution in [1.82, 2.24) is 24.5 Å². The summed E-state index contributed by atoms with van der Waals surface area (Å²) in [5.41, 5.74) is 3.43. The Bertz CT molecular complexity index is 1390. The molecule has 2 N–H and O–H groups in total. The van der Waals surface area contributed by atoms with E-state index in [0.29, 0.717) is 23.5 Å². The normalized spacial score (nSPS) is 12.0. The van der Waals surface area contributed by atoms with Crippen LogP contribution in [0, 0.1) is 0 Å². The molecule has 0 bridgehead atoms. The second-order valence-electron chi connectivity index (χ2n) is 6.98. The van der Waals surface area contributed by atoms with E-state index in [1.165, 1.54) is 0 Å². The average Bonchev–Trinajstić information content (AvgIpc) is 3.33. The van der Waals surface area contributed by atoms with E-state index in [9.17, 15) is 13.2 Å². The number of alkyl halides is 3. The SMILES string of the molecule is FC(F)(F)c1cc(Br)c2nc(Nc3ccc(Cn4cnc5cccnc54)cc3)[nH]c2c1. The molecule has 0 radical (unpaired) electrons. The number of hydrogen-bond acceptors (Lipinski definition) is 4. The zero-order valence-corrected chi connectivity index (χ0v) is 17.4. The highest BCUT2D eigenvalue weighted by Gasteiger charge is 2.31. The van der Waals surface area contributed by atoms with Crippen LogP contribution in [0.15, 0.2) is 65.5 Å². The minimum atomic E-state index is -4.43. The van der Waals surface area contributed by atoms with Crippen LogP contribution in [0.4, 0.5) is 24.8 Å². The van der Waals surface area contributed by atoms with Crippen molar-refractivity contribution in [2.45, 2.75) is 12.7 Å². The maximum atomic E-state index is 13.0. The molecular formula is C21H14BrF3N6. The van der Waals surface area contributed by atoms with Gasteiger partial charge >= 0.3 is 6.18 Å². The maximum Gasteiger partial charge on any atom is 0.416 e. The monoisotopic (exact) mass is 486 g/mol. The van der Waals surface area contributed by atoms with Crippen molar-refractivity contribution in [3.63, 3.8) is 0 Å². The van der Waals surface area contributed by atoms with Crippen molar-refractivity contribution < 1.29 is 13.2 Å². The second kappa shape index (κ2) is 7.38. The highest BCUT2D eigenvalue weighted by Crippen LogP contribution is 2.35. The quantitative estimate of drug-likeness (QED) is 0.332. The van der Waals surface area contributed by atoms with Gasteiger partial charge in [-0.2, -0.15) is 13.2 Å². The number of anilines is 2. The number of nitrogens with one attached hydrogen (secondary N) is 2. The van der Waals surface area contributed by atoms with Crippen molar-refractivity contribution in [3.05, 3.63) is 76.7 Å². The second-order valence-corrected chi connectivity index (χ2v) is 7.83. The number of aromatic nitrogens is 5. The van der Waals surface area contributed by atoms with Crippen LogP contribution >= 0.6 is 15.9 Å². The minimum absolute atomic E-state index is 0.276. The number of H-pyrrole nitrogens is 1. The lowest BCUT2D eigenvalue weighted by Gasteiger charge is -2.06. The number of fused-ring (bicyclic) bond motifs is 2. The van der Waals surface area contributed by atoms with E-state index in [1.807, 2.05) is 41.0 Å². The molecule has 0 unspecified atom stereocenters. The molecule has 6 nitrogen and oxygen atoms in total. The summed E-state index contributed by atoms with van der Waals surface area (Å²) in [6.45, 7) is 0.617. The van der Waals surface area contributed by atoms with E-state index >= 15 is 0 Å². The largest absolute Gasteiger partial charge is 0.416 e. The lowest BCUT2D eigenvalue weighted by Crippen LogP contribution is -2.04. The number of imidazole rings is 2. The van der Waals surface area contributed by atoms with Crippen molar-refractivity contribution in [2.24, 2.45) is 0 Å². The summed E-state index contributed by atoms with van der Waals surface area (Å²) < 4.78 is 41.3. The number of rotatable bonds is 4. The molecule has 0 amide bonds. The Morgan fingerprint density at radius 2 is 1.87 bits per heavy atom. The van der Waals surface area contributed by atoms with Crippen LogP contribution < -0.4 is 5.32 Å². The van der Waals surface area contributed by atoms with E-state index in [1.54, 1.807) is 12.5 Å². The van der Waals surface area contributed by atoms with Gasteiger partial charge < -0.3 is 14.9 Å². The summed E-state index contributed by atoms with van der Waals surface area (Å²) in [6, 6.07) is 13.5. The number of benzene rings is 2. The van der Waals surface area contributed by atoms with Crippen molar-refractivity contribution >= 4 is 49.8 Å². The van der Waals surface area contributed by atoms with E-state index in [4.69, 9.17) is 0 Å². The molecule has 3 heterocycles. The summed E-state index contributed by atoms with van der Waals surface area (Å²) in [7, 11) is 0. The fourth-order valence-electron chi connectivity index (χ4n) is 3.34. The van der Waals surface area contributed by atoms with Crippen LogP contribution in [0.1, 0.15) is 11.1 Å². The number of pyridine rings is 1. The minimum Gasteiger partial charge on any atom is -0.326 e. The van der Waals surface area contributed by atoms with Crippen LogP contribution in [0.3, 0.4) is 0 Å². The number of aromatic amines is 1. The molecule has 0 aliphatic rings. The molecule has 5 aromatic rings. The first kappa shape index (κ1) is 19.6. The molecule has 10 heteroatoms. The predicted molar refractivity (Wildman–Crippen MR) is 115 cm³/mol. The third-order valence-corrected chi connectivity index (χ3v) is 5.42. The first-order chi connectivity index (χ1) is 14.9. The third-order valence-electron chi connectivity index (χ3n) is 4.81. The molecular weight excluding hydrogens is 473 g/mol. The Morgan fingerprint density at radius 3 is 2.65 bits per heavy atom. The summed E-state index contributed by atoms with van der Waals surface area (Å²) in [5.74, 6) is 0.354. The maximum absolute atomic E-state index is 13.0. The van der Waals surface area contributed by atoms with Gasteiger partial charge in [-0.15, -0.1) is 0 Å². The highest BCUT2D eigenvalue weighted by molar-refractivity contribution is 9.10. The van der Waals surface area contributed by atoms with Crippen molar-refractivity contribution in [3.8, 4) is 0 Å². The molecule has 3 aromatic heterocycles. The Hall–Kier alpha value is -3.40. The van der Waals surface area contributed by atoms with Gasteiger partial charge in [0.15, 0.2) is 5.65 Å². The van der Waals surface area contributed by atoms with Gasteiger partial charge in [-0.25, -0.2) is 15.0 Å². The zero-order chi connectivity index (χ0) is 21.6. The molecule has 0 atom stereocenters. The Kier molecular flexibility index (Phi) is 4.66. The van der Waals surface area contributed by atoms with E-state index in [-0.39, 0.29) is 4.47 Å². The van der Waals surface area contributed by atoms with Gasteiger partial charge in [0.1, 0.15) is 11.0 Å². The molecule has 0 saturated carbocycles. The van der Waals surface area contributed by atoms with Gasteiger partial charge in [-0.1, -0.05) is 12.1 Å². The summed E-state index contributed by atoms with van der Waals surface area (Å²) in [4.78, 5) is 15.9. The topological polar surface area (TPSA) is 71.4 Å². The smallest absolute Gasteiger partial charge is 0.326 e. The highest BCUT2D eigenvalue weighted by atomic mass is 79.9. The first-order valence-electron chi connectivity index (χ1n) is 9.25. The van der Waals surface area contributed by atoms with E-state index in [2.05, 4.69) is 41.2 Å². The lowest BCUT2D eigenvalue weighted by molar-refractivity contribution is -0.137. The Balaban J connectivity index is 1.36. The van der Waals surface area contributed by atoms with Crippen LogP contribution in [-0.4, -0.2) is 24.5 Å². The third kappa shape index (κ3) is 3.86. The number of nitrogens with zero attached hydrogens (tertiary/aromatic N) is 4. The fraction of sp³-hybridized carbons (Fsp3) is 0.0952. The standard InChI is InChI=1S/C21H14BrF3N6/c22-15-8-13(21(23,24)25)9-17-18(15)30-20(29-17)28-14-5-3-12(4-6-14)10-31-11-27-16-2-1-7-26-19(16)31/h1-9,11H,10H2,(H2,28,29,30). The molecule has 0 aliphatic heterocycles. The van der Waals surface area contributed by atoms with Gasteiger partial charge in [-0.3, -0.25) is 0 Å². The van der Waals surface area contributed by atoms with Crippen molar-refractivity contribution in [1.29, 1.82) is 0 Å². The molecule has 0 fully saturated rings. The lowest BCUT2D eigenvalue weighted by atomic mass is 10.2. The molecule has 0 saturated heterocycles. The van der Waals surface area contributed by atoms with Gasteiger partial charge in [-0.05, 0) is 57.9 Å². The number of hydrogen-bond donors (Lipinski definition) is 2. The predicted octanol–water partition coefficient (Wildman–Crippen LogP) is 5.88. The van der Waals surface area contributed by atoms with Gasteiger partial charge in [0, 0.05) is 16.4 Å². The molecule has 2 aromatic carbocycles. The summed E-state index contributed by atoms with van der Waals surface area (Å²) in [6.07, 6.45) is -0.941. The van der Waals surface area contributed by atoms with Gasteiger partial charge in [0.25, 0.3) is 0 Å². The van der Waals surface area contributed by atoms with Crippen molar-refractivity contribution in [2.75, 3.05) is 5.32 Å². The molecule has 0 aliphatic carbocycles. The molecule has 31 heavy (non-hydrogen) atoms. The Labute approximate surface area is 182 Å².